The van der Waals surface area contributed by atoms with Crippen molar-refractivity contribution in [2.45, 2.75) is 38.3 Å². The molecule has 1 aromatic rings. The number of carbonyl (C=O) groups excluding carboxylic acids is 4. The molecule has 4 atom stereocenters. The number of nitrogens with one attached hydrogen (secondary N) is 1. The van der Waals surface area contributed by atoms with Gasteiger partial charge in [-0.2, -0.15) is 0 Å². The number of phenolic OH excluding ortho intramolecular Hbond substituents is 1. The van der Waals surface area contributed by atoms with Gasteiger partial charge >= 0.3 is 0 Å². The molecule has 0 heterocycles. The molecule has 3 aliphatic rings. The molecule has 14 heteroatoms. The van der Waals surface area contributed by atoms with Crippen LogP contribution in [0.5, 0.6) is 5.75 Å². The molecule has 0 spiro atoms. The van der Waals surface area contributed by atoms with Gasteiger partial charge in [0.1, 0.15) is 17.1 Å². The van der Waals surface area contributed by atoms with Crippen molar-refractivity contribution in [3.63, 3.8) is 0 Å². The molecule has 0 saturated heterocycles. The largest absolute Gasteiger partial charge is 0.510 e. The second-order valence-electron chi connectivity index (χ2n) is 10.5. The van der Waals surface area contributed by atoms with E-state index in [0.29, 0.717) is 18.7 Å². The van der Waals surface area contributed by atoms with E-state index in [2.05, 4.69) is 5.32 Å². The smallest absolute Gasteiger partial charge is 0.255 e. The number of carbonyl (C=O) groups is 4. The summed E-state index contributed by atoms with van der Waals surface area (Å²) in [6.07, 6.45) is 0.185. The fraction of sp³-hybridized carbons (Fsp3) is 0.481. The number of nitrogens with zero attached hydrogens (tertiary/aromatic N) is 2. The number of aromatic hydroxyl groups is 1. The summed E-state index contributed by atoms with van der Waals surface area (Å²) in [6.45, 7) is 5.20. The lowest BCUT2D eigenvalue weighted by atomic mass is 9.58. The number of hydrogen-bond donors (Lipinski definition) is 6. The first-order valence-electron chi connectivity index (χ1n) is 12.8. The van der Waals surface area contributed by atoms with Gasteiger partial charge in [0.05, 0.1) is 23.8 Å². The number of aliphatic hydroxyl groups is 3. The summed E-state index contributed by atoms with van der Waals surface area (Å²) in [6, 6.07) is 2.05. The van der Waals surface area contributed by atoms with E-state index in [1.807, 2.05) is 18.7 Å². The van der Waals surface area contributed by atoms with Gasteiger partial charge in [0.15, 0.2) is 17.1 Å². The zero-order valence-corrected chi connectivity index (χ0v) is 24.8. The van der Waals surface area contributed by atoms with Crippen molar-refractivity contribution in [3.8, 4) is 5.75 Å². The maximum atomic E-state index is 13.7. The molecule has 2 unspecified atom stereocenters. The number of ketones is 2. The SMILES string of the molecule is CCN(CC)CC(=O)Nc1ccc2c(c1O)C(=O)C1=C(O)[C@]3(O)C(=O)C(C(N)=O)=C(O)[C@@H](N(C)C)C3CC1C2.Cl.Cl. The van der Waals surface area contributed by atoms with Crippen LogP contribution >= 0.6 is 24.8 Å². The lowest BCUT2D eigenvalue weighted by Gasteiger charge is -2.50. The Morgan fingerprint density at radius 2 is 1.71 bits per heavy atom. The number of phenols is 1. The highest BCUT2D eigenvalue weighted by atomic mass is 35.5. The standard InChI is InChI=1S/C27H34N4O8.2ClH/c1-5-31(6-2)11-16(32)29-15-8-7-12-9-13-10-14-20(30(3)4)23(35)19(26(28)38)25(37)27(14,39)24(36)18(13)22(34)17(12)21(15)33;;/h7-8,13-14,20,33,35-36,39H,5-6,9-11H2,1-4H3,(H2,28,38)(H,29,32);2*1H/t13?,14?,20-,27-;;/m0../s1. The molecule has 1 aromatic carbocycles. The van der Waals surface area contributed by atoms with E-state index in [1.54, 1.807) is 20.2 Å². The number of nitrogens with two attached hydrogens (primary N) is 1. The number of benzene rings is 1. The third-order valence-corrected chi connectivity index (χ3v) is 8.13. The van der Waals surface area contributed by atoms with E-state index in [-0.39, 0.29) is 66.9 Å². The quantitative estimate of drug-likeness (QED) is 0.192. The average Bonchev–Trinajstić information content (AvgIpc) is 2.86. The third-order valence-electron chi connectivity index (χ3n) is 8.13. The Bertz CT molecular complexity index is 1340. The molecular weight excluding hydrogens is 579 g/mol. The third kappa shape index (κ3) is 5.30. The number of amides is 2. The Morgan fingerprint density at radius 3 is 2.24 bits per heavy atom. The fourth-order valence-electron chi connectivity index (χ4n) is 6.17. The van der Waals surface area contributed by atoms with Crippen molar-refractivity contribution < 1.29 is 39.6 Å². The highest BCUT2D eigenvalue weighted by Gasteiger charge is 2.63. The first-order chi connectivity index (χ1) is 18.3. The predicted octanol–water partition coefficient (Wildman–Crippen LogP) is 1.24. The normalized spacial score (nSPS) is 25.2. The molecule has 0 bridgehead atoms. The maximum absolute atomic E-state index is 13.7. The fourth-order valence-corrected chi connectivity index (χ4v) is 6.17. The molecule has 0 radical (unpaired) electrons. The lowest BCUT2D eigenvalue weighted by Crippen LogP contribution is -2.63. The number of allylic oxidation sites excluding steroid dienone is 1. The van der Waals surface area contributed by atoms with Crippen LogP contribution in [-0.4, -0.2) is 99.0 Å². The second kappa shape index (κ2) is 12.4. The van der Waals surface area contributed by atoms with Crippen molar-refractivity contribution in [1.82, 2.24) is 9.80 Å². The maximum Gasteiger partial charge on any atom is 0.255 e. The number of anilines is 1. The highest BCUT2D eigenvalue weighted by Crippen LogP contribution is 2.52. The summed E-state index contributed by atoms with van der Waals surface area (Å²) in [7, 11) is 3.14. The summed E-state index contributed by atoms with van der Waals surface area (Å²) in [5.74, 6) is -7.55. The van der Waals surface area contributed by atoms with Gasteiger partial charge in [-0.25, -0.2) is 0 Å². The minimum Gasteiger partial charge on any atom is -0.510 e. The minimum atomic E-state index is -2.70. The number of Topliss-reactive ketones (excluding diaryl/α,β-unsaturated/α-hetero) is 2. The van der Waals surface area contributed by atoms with Crippen LogP contribution in [0.2, 0.25) is 0 Å². The molecule has 12 nitrogen and oxygen atoms in total. The zero-order valence-electron chi connectivity index (χ0n) is 23.1. The summed E-state index contributed by atoms with van der Waals surface area (Å²) >= 11 is 0. The minimum absolute atomic E-state index is 0. The van der Waals surface area contributed by atoms with Gasteiger partial charge in [-0.3, -0.25) is 29.0 Å². The number of primary amides is 1. The summed E-state index contributed by atoms with van der Waals surface area (Å²) < 4.78 is 0. The molecule has 2 amide bonds. The summed E-state index contributed by atoms with van der Waals surface area (Å²) in [4.78, 5) is 55.0. The zero-order chi connectivity index (χ0) is 29.0. The van der Waals surface area contributed by atoms with E-state index in [0.717, 1.165) is 0 Å². The number of likely N-dealkylation sites (N-methyl/N-ethyl adjacent to an activating group) is 2. The van der Waals surface area contributed by atoms with Crippen LogP contribution < -0.4 is 11.1 Å². The first kappa shape index (κ1) is 34.0. The summed E-state index contributed by atoms with van der Waals surface area (Å²) in [5.41, 5.74) is 1.85. The van der Waals surface area contributed by atoms with Gasteiger partial charge in [-0.1, -0.05) is 19.9 Å². The second-order valence-corrected chi connectivity index (χ2v) is 10.5. The van der Waals surface area contributed by atoms with Crippen LogP contribution in [0.4, 0.5) is 5.69 Å². The first-order valence-corrected chi connectivity index (χ1v) is 12.8. The molecule has 4 rings (SSSR count). The van der Waals surface area contributed by atoms with Gasteiger partial charge in [0.2, 0.25) is 11.7 Å². The number of aliphatic hydroxyl groups excluding tert-OH is 2. The van der Waals surface area contributed by atoms with Crippen molar-refractivity contribution in [2.75, 3.05) is 39.0 Å². The topological polar surface area (TPSA) is 194 Å². The molecule has 0 fully saturated rings. The Balaban J connectivity index is 0.00000294. The van der Waals surface area contributed by atoms with E-state index in [1.165, 1.54) is 11.0 Å². The monoisotopic (exact) mass is 614 g/mol. The molecule has 0 aromatic heterocycles. The Hall–Kier alpha value is -3.16. The van der Waals surface area contributed by atoms with Crippen molar-refractivity contribution in [2.24, 2.45) is 17.6 Å². The van der Waals surface area contributed by atoms with E-state index in [4.69, 9.17) is 5.73 Å². The number of fused-ring (bicyclic) bond motifs is 3. The number of hydrogen-bond acceptors (Lipinski definition) is 10. The van der Waals surface area contributed by atoms with Gasteiger partial charge < -0.3 is 31.5 Å². The summed E-state index contributed by atoms with van der Waals surface area (Å²) in [5, 5.41) is 47.4. The van der Waals surface area contributed by atoms with E-state index in [9.17, 15) is 39.6 Å². The lowest BCUT2D eigenvalue weighted by molar-refractivity contribution is -0.148. The van der Waals surface area contributed by atoms with Gasteiger partial charge in [0, 0.05) is 11.5 Å². The van der Waals surface area contributed by atoms with Crippen LogP contribution in [0.15, 0.2) is 34.8 Å². The van der Waals surface area contributed by atoms with Crippen LogP contribution in [0.3, 0.4) is 0 Å². The van der Waals surface area contributed by atoms with Crippen LogP contribution in [-0.2, 0) is 20.8 Å². The predicted molar refractivity (Wildman–Crippen MR) is 155 cm³/mol. The molecular formula is C27H36Cl2N4O8. The number of rotatable bonds is 7. The average molecular weight is 616 g/mol. The molecule has 226 valence electrons. The van der Waals surface area contributed by atoms with Gasteiger partial charge in [-0.15, -0.1) is 24.8 Å². The Labute approximate surface area is 249 Å². The number of halogens is 2. The van der Waals surface area contributed by atoms with Crippen LogP contribution in [0.1, 0.15) is 36.2 Å². The Morgan fingerprint density at radius 1 is 1.10 bits per heavy atom. The van der Waals surface area contributed by atoms with Crippen molar-refractivity contribution >= 4 is 53.9 Å². The molecule has 41 heavy (non-hydrogen) atoms. The van der Waals surface area contributed by atoms with Gasteiger partial charge in [-0.05, 0) is 57.6 Å². The van der Waals surface area contributed by atoms with Gasteiger partial charge in [0.25, 0.3) is 5.91 Å². The Kier molecular flexibility index (Phi) is 10.3. The highest BCUT2D eigenvalue weighted by molar-refractivity contribution is 6.25. The van der Waals surface area contributed by atoms with Crippen LogP contribution in [0.25, 0.3) is 0 Å². The van der Waals surface area contributed by atoms with Crippen molar-refractivity contribution in [3.05, 3.63) is 45.9 Å². The molecule has 0 aliphatic heterocycles. The molecule has 3 aliphatic carbocycles. The van der Waals surface area contributed by atoms with E-state index >= 15 is 0 Å². The molecule has 7 N–H and O–H groups in total. The van der Waals surface area contributed by atoms with E-state index < -0.39 is 63.8 Å². The van der Waals surface area contributed by atoms with Crippen molar-refractivity contribution in [1.29, 1.82) is 0 Å². The molecule has 0 saturated carbocycles. The van der Waals surface area contributed by atoms with Crippen LogP contribution in [0, 0.1) is 11.8 Å².